The summed E-state index contributed by atoms with van der Waals surface area (Å²) in [6, 6.07) is 25.9. The lowest BCUT2D eigenvalue weighted by Gasteiger charge is -2.07. The number of aromatic nitrogens is 1. The van der Waals surface area contributed by atoms with Gasteiger partial charge in [0.25, 0.3) is 11.8 Å². The maximum absolute atomic E-state index is 13.4. The second-order valence-electron chi connectivity index (χ2n) is 7.35. The first-order chi connectivity index (χ1) is 16.1. The Morgan fingerprint density at radius 1 is 0.818 bits per heavy atom. The molecule has 162 valence electrons. The van der Waals surface area contributed by atoms with E-state index >= 15 is 0 Å². The van der Waals surface area contributed by atoms with Crippen LogP contribution in [0.25, 0.3) is 21.4 Å². The van der Waals surface area contributed by atoms with E-state index in [9.17, 15) is 9.59 Å². The highest BCUT2D eigenvalue weighted by molar-refractivity contribution is 7.15. The third kappa shape index (κ3) is 4.14. The van der Waals surface area contributed by atoms with Crippen LogP contribution in [0.2, 0.25) is 0 Å². The van der Waals surface area contributed by atoms with Gasteiger partial charge >= 0.3 is 0 Å². The van der Waals surface area contributed by atoms with Crippen LogP contribution < -0.4 is 10.6 Å². The maximum Gasteiger partial charge on any atom is 0.293 e. The van der Waals surface area contributed by atoms with Gasteiger partial charge in [-0.1, -0.05) is 60.7 Å². The Morgan fingerprint density at radius 2 is 1.48 bits per heavy atom. The molecular formula is C26H19N3O3S. The molecule has 0 aliphatic carbocycles. The van der Waals surface area contributed by atoms with E-state index in [0.29, 0.717) is 28.0 Å². The van der Waals surface area contributed by atoms with E-state index < -0.39 is 11.8 Å². The summed E-state index contributed by atoms with van der Waals surface area (Å²) in [5.74, 6) is -0.828. The average molecular weight is 454 g/mol. The maximum atomic E-state index is 13.4. The van der Waals surface area contributed by atoms with Gasteiger partial charge in [-0.15, -0.1) is 11.3 Å². The summed E-state index contributed by atoms with van der Waals surface area (Å²) in [6.07, 6.45) is 0. The summed E-state index contributed by atoms with van der Waals surface area (Å²) in [7, 11) is 0. The van der Waals surface area contributed by atoms with E-state index in [1.165, 1.54) is 11.3 Å². The molecule has 0 fully saturated rings. The van der Waals surface area contributed by atoms with Gasteiger partial charge in [0.15, 0.2) is 0 Å². The molecule has 0 radical (unpaired) electrons. The molecular weight excluding hydrogens is 434 g/mol. The fraction of sp³-hybridized carbons (Fsp3) is 0.0385. The van der Waals surface area contributed by atoms with E-state index in [4.69, 9.17) is 4.42 Å². The van der Waals surface area contributed by atoms with Crippen molar-refractivity contribution < 1.29 is 14.0 Å². The largest absolute Gasteiger partial charge is 0.449 e. The quantitative estimate of drug-likeness (QED) is 0.324. The first-order valence-electron chi connectivity index (χ1n) is 10.3. The highest BCUT2D eigenvalue weighted by Crippen LogP contribution is 2.34. The second kappa shape index (κ2) is 8.72. The number of benzene rings is 3. The Morgan fingerprint density at radius 3 is 2.24 bits per heavy atom. The molecule has 0 atom stereocenters. The summed E-state index contributed by atoms with van der Waals surface area (Å²) in [4.78, 5) is 31.6. The molecule has 7 heteroatoms. The van der Waals surface area contributed by atoms with Crippen molar-refractivity contribution in [2.75, 3.05) is 10.6 Å². The molecule has 5 rings (SSSR count). The number of nitrogens with zero attached hydrogens (tertiary/aromatic N) is 1. The Hall–Kier alpha value is -4.23. The number of anilines is 2. The van der Waals surface area contributed by atoms with Gasteiger partial charge in [0.05, 0.1) is 9.88 Å². The first kappa shape index (κ1) is 20.7. The Labute approximate surface area is 193 Å². The van der Waals surface area contributed by atoms with Crippen LogP contribution in [0, 0.1) is 6.92 Å². The van der Waals surface area contributed by atoms with Crippen LogP contribution in [-0.4, -0.2) is 16.8 Å². The number of furan rings is 1. The van der Waals surface area contributed by atoms with Gasteiger partial charge in [-0.2, -0.15) is 0 Å². The first-order valence-corrected chi connectivity index (χ1v) is 11.1. The number of hydrogen-bond acceptors (Lipinski definition) is 5. The van der Waals surface area contributed by atoms with E-state index in [2.05, 4.69) is 15.6 Å². The molecule has 2 N–H and O–H groups in total. The molecule has 6 nitrogen and oxygen atoms in total. The fourth-order valence-electron chi connectivity index (χ4n) is 3.58. The average Bonchev–Trinajstić information content (AvgIpc) is 3.41. The minimum Gasteiger partial charge on any atom is -0.449 e. The van der Waals surface area contributed by atoms with E-state index in [-0.39, 0.29) is 5.76 Å². The van der Waals surface area contributed by atoms with Crippen LogP contribution in [0.4, 0.5) is 11.4 Å². The van der Waals surface area contributed by atoms with Crippen molar-refractivity contribution in [1.29, 1.82) is 0 Å². The summed E-state index contributed by atoms with van der Waals surface area (Å²) in [5.41, 5.74) is 2.66. The van der Waals surface area contributed by atoms with Crippen LogP contribution in [-0.2, 0) is 0 Å². The van der Waals surface area contributed by atoms with Crippen molar-refractivity contribution in [3.05, 3.63) is 101 Å². The molecule has 0 aliphatic heterocycles. The van der Waals surface area contributed by atoms with Crippen molar-refractivity contribution >= 4 is 45.5 Å². The zero-order valence-corrected chi connectivity index (χ0v) is 18.5. The molecule has 0 aliphatic rings. The number of rotatable bonds is 5. The fourth-order valence-corrected chi connectivity index (χ4v) is 4.50. The number of para-hydroxylation sites is 2. The third-order valence-corrected chi connectivity index (χ3v) is 6.08. The van der Waals surface area contributed by atoms with E-state index in [1.54, 1.807) is 24.3 Å². The van der Waals surface area contributed by atoms with Crippen LogP contribution >= 0.6 is 11.3 Å². The van der Waals surface area contributed by atoms with Gasteiger partial charge in [0, 0.05) is 11.1 Å². The number of carbonyl (C=O) groups excluding carboxylic acids is 2. The second-order valence-corrected chi connectivity index (χ2v) is 8.56. The SMILES string of the molecule is Cc1nc(C(=O)Nc2c(C(=O)Nc3ccccc3)oc3ccccc23)c(-c2ccccc2)s1. The lowest BCUT2D eigenvalue weighted by molar-refractivity contribution is 0.0999. The highest BCUT2D eigenvalue weighted by atomic mass is 32.1. The summed E-state index contributed by atoms with van der Waals surface area (Å²) in [6.45, 7) is 1.86. The number of amides is 2. The standard InChI is InChI=1S/C26H19N3O3S/c1-16-27-22(24(33-16)17-10-4-2-5-11-17)25(30)29-21-19-14-8-9-15-20(19)32-23(21)26(31)28-18-12-6-3-7-13-18/h2-15H,1H3,(H,28,31)(H,29,30). The Balaban J connectivity index is 1.53. The zero-order valence-electron chi connectivity index (χ0n) is 17.7. The van der Waals surface area contributed by atoms with Crippen molar-refractivity contribution in [2.24, 2.45) is 0 Å². The lowest BCUT2D eigenvalue weighted by atomic mass is 10.1. The van der Waals surface area contributed by atoms with Crippen molar-refractivity contribution in [2.45, 2.75) is 6.92 Å². The van der Waals surface area contributed by atoms with Crippen molar-refractivity contribution in [3.8, 4) is 10.4 Å². The Bertz CT molecular complexity index is 1460. The molecule has 2 aromatic heterocycles. The highest BCUT2D eigenvalue weighted by Gasteiger charge is 2.25. The predicted molar refractivity (Wildman–Crippen MR) is 131 cm³/mol. The van der Waals surface area contributed by atoms with Crippen LogP contribution in [0.3, 0.4) is 0 Å². The topological polar surface area (TPSA) is 84.2 Å². The van der Waals surface area contributed by atoms with Crippen LogP contribution in [0.5, 0.6) is 0 Å². The molecule has 0 unspecified atom stereocenters. The number of carbonyl (C=O) groups is 2. The molecule has 0 saturated heterocycles. The lowest BCUT2D eigenvalue weighted by Crippen LogP contribution is -2.18. The number of nitrogens with one attached hydrogen (secondary N) is 2. The summed E-state index contributed by atoms with van der Waals surface area (Å²) in [5, 5.41) is 7.12. The van der Waals surface area contributed by atoms with Crippen molar-refractivity contribution in [1.82, 2.24) is 4.98 Å². The van der Waals surface area contributed by atoms with Gasteiger partial charge in [-0.25, -0.2) is 4.98 Å². The van der Waals surface area contributed by atoms with Crippen LogP contribution in [0.15, 0.2) is 89.3 Å². The monoisotopic (exact) mass is 453 g/mol. The van der Waals surface area contributed by atoms with E-state index in [0.717, 1.165) is 15.4 Å². The molecule has 0 saturated carbocycles. The zero-order chi connectivity index (χ0) is 22.8. The number of thiazole rings is 1. The van der Waals surface area contributed by atoms with Gasteiger partial charge in [-0.05, 0) is 36.8 Å². The smallest absolute Gasteiger partial charge is 0.293 e. The third-order valence-electron chi connectivity index (χ3n) is 5.06. The predicted octanol–water partition coefficient (Wildman–Crippen LogP) is 6.37. The minimum atomic E-state index is -0.453. The van der Waals surface area contributed by atoms with Gasteiger partial charge < -0.3 is 15.1 Å². The number of fused-ring (bicyclic) bond motifs is 1. The van der Waals surface area contributed by atoms with Gasteiger partial charge in [-0.3, -0.25) is 9.59 Å². The molecule has 2 heterocycles. The molecule has 0 spiro atoms. The van der Waals surface area contributed by atoms with Crippen molar-refractivity contribution in [3.63, 3.8) is 0 Å². The number of hydrogen-bond donors (Lipinski definition) is 2. The normalized spacial score (nSPS) is 10.8. The minimum absolute atomic E-state index is 0.0293. The molecule has 5 aromatic rings. The summed E-state index contributed by atoms with van der Waals surface area (Å²) >= 11 is 1.45. The molecule has 33 heavy (non-hydrogen) atoms. The molecule has 3 aromatic carbocycles. The van der Waals surface area contributed by atoms with Gasteiger partial charge in [0.2, 0.25) is 5.76 Å². The Kier molecular flexibility index (Phi) is 5.46. The summed E-state index contributed by atoms with van der Waals surface area (Å²) < 4.78 is 5.85. The van der Waals surface area contributed by atoms with Crippen LogP contribution in [0.1, 0.15) is 26.1 Å². The number of aryl methyl sites for hydroxylation is 1. The molecule has 0 bridgehead atoms. The van der Waals surface area contributed by atoms with E-state index in [1.807, 2.05) is 67.6 Å². The molecule has 2 amide bonds. The van der Waals surface area contributed by atoms with Gasteiger partial charge in [0.1, 0.15) is 17.0 Å².